The molecular weight excluding hydrogens is 228 g/mol. The fourth-order valence-electron chi connectivity index (χ4n) is 2.24. The van der Waals surface area contributed by atoms with Gasteiger partial charge in [0, 0.05) is 0 Å². The monoisotopic (exact) mass is 250 g/mol. The molecule has 1 saturated carbocycles. The maximum absolute atomic E-state index is 10.0. The summed E-state index contributed by atoms with van der Waals surface area (Å²) in [5.41, 5.74) is 2.53. The molecule has 1 unspecified atom stereocenters. The first-order valence-corrected chi connectivity index (χ1v) is 7.82. The summed E-state index contributed by atoms with van der Waals surface area (Å²) < 4.78 is 0. The van der Waals surface area contributed by atoms with Crippen molar-refractivity contribution < 1.29 is 5.11 Å². The van der Waals surface area contributed by atoms with Gasteiger partial charge in [-0.05, 0) is 47.8 Å². The Kier molecular flexibility index (Phi) is 4.93. The Hall–Kier alpha value is -0.470. The van der Waals surface area contributed by atoms with Crippen molar-refractivity contribution in [3.63, 3.8) is 0 Å². The third kappa shape index (κ3) is 3.49. The molecule has 1 atom stereocenters. The fraction of sp³-hybridized carbons (Fsp3) is 0.600. The Morgan fingerprint density at radius 3 is 2.53 bits per heavy atom. The number of hydrogen-bond donors (Lipinski definition) is 1. The summed E-state index contributed by atoms with van der Waals surface area (Å²) in [5, 5.41) is 10.0. The van der Waals surface area contributed by atoms with Crippen molar-refractivity contribution in [3.8, 4) is 0 Å². The van der Waals surface area contributed by atoms with Gasteiger partial charge in [0.05, 0.1) is 6.10 Å². The fourth-order valence-corrected chi connectivity index (χ4v) is 2.92. The van der Waals surface area contributed by atoms with Crippen molar-refractivity contribution in [1.82, 2.24) is 0 Å². The molecule has 0 saturated heterocycles. The molecule has 1 fully saturated rings. The third-order valence-electron chi connectivity index (χ3n) is 3.64. The Balaban J connectivity index is 1.87. The highest BCUT2D eigenvalue weighted by molar-refractivity contribution is 7.99. The van der Waals surface area contributed by atoms with Crippen LogP contribution in [0.5, 0.6) is 0 Å². The van der Waals surface area contributed by atoms with E-state index in [1.807, 2.05) is 11.8 Å². The molecule has 1 aliphatic rings. The van der Waals surface area contributed by atoms with Crippen molar-refractivity contribution in [1.29, 1.82) is 0 Å². The van der Waals surface area contributed by atoms with Gasteiger partial charge in [0.1, 0.15) is 0 Å². The van der Waals surface area contributed by atoms with Crippen LogP contribution < -0.4 is 0 Å². The number of benzene rings is 1. The minimum Gasteiger partial charge on any atom is -0.388 e. The molecule has 94 valence electrons. The van der Waals surface area contributed by atoms with Crippen LogP contribution >= 0.6 is 11.8 Å². The molecular formula is C15H22OS. The Morgan fingerprint density at radius 2 is 2.00 bits per heavy atom. The van der Waals surface area contributed by atoms with Gasteiger partial charge in [-0.2, -0.15) is 11.8 Å². The van der Waals surface area contributed by atoms with Crippen LogP contribution in [0.4, 0.5) is 0 Å². The average molecular weight is 250 g/mol. The molecule has 0 radical (unpaired) electrons. The van der Waals surface area contributed by atoms with Crippen molar-refractivity contribution in [2.75, 3.05) is 11.5 Å². The van der Waals surface area contributed by atoms with Gasteiger partial charge in [-0.3, -0.25) is 0 Å². The summed E-state index contributed by atoms with van der Waals surface area (Å²) in [6.45, 7) is 2.16. The number of hydrogen-bond acceptors (Lipinski definition) is 2. The molecule has 2 heteroatoms. The predicted octanol–water partition coefficient (Wildman–Crippen LogP) is 4.13. The smallest absolute Gasteiger partial charge is 0.0797 e. The van der Waals surface area contributed by atoms with Crippen molar-refractivity contribution in [3.05, 3.63) is 35.4 Å². The van der Waals surface area contributed by atoms with Gasteiger partial charge < -0.3 is 5.11 Å². The molecule has 2 rings (SSSR count). The molecule has 0 bridgehead atoms. The molecule has 17 heavy (non-hydrogen) atoms. The summed E-state index contributed by atoms with van der Waals surface area (Å²) in [4.78, 5) is 0. The zero-order valence-electron chi connectivity index (χ0n) is 10.6. The zero-order chi connectivity index (χ0) is 12.1. The summed E-state index contributed by atoms with van der Waals surface area (Å²) >= 11 is 1.89. The van der Waals surface area contributed by atoms with Crippen LogP contribution in [0.25, 0.3) is 0 Å². The van der Waals surface area contributed by atoms with Gasteiger partial charge in [0.15, 0.2) is 0 Å². The number of aliphatic hydroxyl groups is 1. The van der Waals surface area contributed by atoms with E-state index in [2.05, 4.69) is 31.2 Å². The second-order valence-corrected chi connectivity index (χ2v) is 6.19. The first-order valence-electron chi connectivity index (χ1n) is 6.67. The average Bonchev–Trinajstić information content (AvgIpc) is 2.28. The molecule has 0 aromatic heterocycles. The third-order valence-corrected chi connectivity index (χ3v) is 4.57. The molecule has 1 N–H and O–H groups in total. The summed E-state index contributed by atoms with van der Waals surface area (Å²) in [6, 6.07) is 8.62. The lowest BCUT2D eigenvalue weighted by atomic mass is 9.80. The van der Waals surface area contributed by atoms with Crippen LogP contribution in [0.3, 0.4) is 0 Å². The van der Waals surface area contributed by atoms with E-state index in [4.69, 9.17) is 0 Å². The van der Waals surface area contributed by atoms with Gasteiger partial charge in [0.25, 0.3) is 0 Å². The Labute approximate surface area is 109 Å². The lowest BCUT2D eigenvalue weighted by molar-refractivity contribution is 0.175. The minimum absolute atomic E-state index is 0.288. The van der Waals surface area contributed by atoms with E-state index >= 15 is 0 Å². The van der Waals surface area contributed by atoms with Gasteiger partial charge in [-0.1, -0.05) is 37.6 Å². The van der Waals surface area contributed by atoms with Crippen LogP contribution in [-0.4, -0.2) is 16.6 Å². The van der Waals surface area contributed by atoms with E-state index in [1.165, 1.54) is 24.8 Å². The van der Waals surface area contributed by atoms with Gasteiger partial charge >= 0.3 is 0 Å². The summed E-state index contributed by atoms with van der Waals surface area (Å²) in [7, 11) is 0. The molecule has 0 amide bonds. The highest BCUT2D eigenvalue weighted by Crippen LogP contribution is 2.36. The van der Waals surface area contributed by atoms with E-state index in [9.17, 15) is 5.11 Å². The highest BCUT2D eigenvalue weighted by Gasteiger charge is 2.19. The minimum atomic E-state index is -0.288. The zero-order valence-corrected chi connectivity index (χ0v) is 11.4. The summed E-state index contributed by atoms with van der Waals surface area (Å²) in [5.74, 6) is 2.96. The number of rotatable bonds is 6. The van der Waals surface area contributed by atoms with E-state index in [1.54, 1.807) is 0 Å². The van der Waals surface area contributed by atoms with Crippen molar-refractivity contribution in [2.24, 2.45) is 0 Å². The second-order valence-electron chi connectivity index (χ2n) is 4.80. The van der Waals surface area contributed by atoms with E-state index in [0.29, 0.717) is 0 Å². The molecule has 0 aliphatic heterocycles. The molecule has 0 heterocycles. The standard InChI is InChI=1S/C15H22OS/c1-2-17-11-10-15(16)14-8-6-13(7-9-14)12-4-3-5-12/h6-9,12,15-16H,2-5,10-11H2,1H3. The van der Waals surface area contributed by atoms with Crippen LogP contribution in [0.2, 0.25) is 0 Å². The molecule has 1 aliphatic carbocycles. The van der Waals surface area contributed by atoms with E-state index in [0.717, 1.165) is 29.4 Å². The largest absolute Gasteiger partial charge is 0.388 e. The highest BCUT2D eigenvalue weighted by atomic mass is 32.2. The molecule has 0 spiro atoms. The van der Waals surface area contributed by atoms with Gasteiger partial charge in [0.2, 0.25) is 0 Å². The second kappa shape index (κ2) is 6.46. The maximum Gasteiger partial charge on any atom is 0.0797 e. The topological polar surface area (TPSA) is 20.2 Å². The van der Waals surface area contributed by atoms with Gasteiger partial charge in [-0.25, -0.2) is 0 Å². The quantitative estimate of drug-likeness (QED) is 0.766. The van der Waals surface area contributed by atoms with Crippen LogP contribution in [-0.2, 0) is 0 Å². The van der Waals surface area contributed by atoms with Gasteiger partial charge in [-0.15, -0.1) is 0 Å². The number of aliphatic hydroxyl groups excluding tert-OH is 1. The first kappa shape index (κ1) is 13.0. The predicted molar refractivity (Wildman–Crippen MR) is 75.6 cm³/mol. The van der Waals surface area contributed by atoms with E-state index < -0.39 is 0 Å². The van der Waals surface area contributed by atoms with Crippen molar-refractivity contribution >= 4 is 11.8 Å². The lowest BCUT2D eigenvalue weighted by Gasteiger charge is -2.26. The summed E-state index contributed by atoms with van der Waals surface area (Å²) in [6.07, 6.45) is 4.64. The number of thioether (sulfide) groups is 1. The van der Waals surface area contributed by atoms with Crippen LogP contribution in [0.15, 0.2) is 24.3 Å². The van der Waals surface area contributed by atoms with Crippen molar-refractivity contribution in [2.45, 2.75) is 44.6 Å². The first-order chi connectivity index (χ1) is 8.31. The van der Waals surface area contributed by atoms with Crippen LogP contribution in [0.1, 0.15) is 55.8 Å². The normalized spacial score (nSPS) is 17.8. The Morgan fingerprint density at radius 1 is 1.29 bits per heavy atom. The Bertz CT molecular complexity index is 329. The SMILES string of the molecule is CCSCCC(O)c1ccc(C2CCC2)cc1. The van der Waals surface area contributed by atoms with E-state index in [-0.39, 0.29) is 6.10 Å². The maximum atomic E-state index is 10.0. The molecule has 1 aromatic carbocycles. The molecule has 1 nitrogen and oxygen atoms in total. The van der Waals surface area contributed by atoms with Crippen LogP contribution in [0, 0.1) is 0 Å². The molecule has 1 aromatic rings. The lowest BCUT2D eigenvalue weighted by Crippen LogP contribution is -2.08.